The highest BCUT2D eigenvalue weighted by Gasteiger charge is 2.29. The second-order valence-corrected chi connectivity index (χ2v) is 11.1. The number of halogens is 1. The van der Waals surface area contributed by atoms with Crippen molar-refractivity contribution in [3.05, 3.63) is 67.3 Å². The second kappa shape index (κ2) is 9.69. The van der Waals surface area contributed by atoms with Gasteiger partial charge in [0, 0.05) is 23.1 Å². The van der Waals surface area contributed by atoms with E-state index in [1.807, 2.05) is 45.0 Å². The van der Waals surface area contributed by atoms with Crippen LogP contribution in [0.4, 0.5) is 11.6 Å². The number of hydrogen-bond donors (Lipinski definition) is 1. The van der Waals surface area contributed by atoms with E-state index in [0.717, 1.165) is 37.1 Å². The van der Waals surface area contributed by atoms with Crippen molar-refractivity contribution in [2.75, 3.05) is 30.4 Å². The molecule has 1 aliphatic heterocycles. The fraction of sp³-hybridized carbons (Fsp3) is 0.429. The number of benzene rings is 2. The van der Waals surface area contributed by atoms with Crippen LogP contribution in [0, 0.1) is 19.3 Å². The normalized spacial score (nSPS) is 16.3. The van der Waals surface area contributed by atoms with E-state index >= 15 is 0 Å². The SMILES string of the molecule is COC(=O)c1c(Br)cccc1NC(C)c1cc(C)cc2c(=O)c(C)c(N3CCC(C)(C)CC3)oc12. The molecule has 0 aliphatic carbocycles. The minimum Gasteiger partial charge on any atom is -0.465 e. The molecule has 0 radical (unpaired) electrons. The standard InChI is InChI=1S/C28H33BrN2O4/c1-16-14-19(18(3)30-22-9-7-8-21(29)23(22)27(33)34-6)25-20(15-16)24(32)17(2)26(35-25)31-12-10-28(4,5)11-13-31/h7-9,14-15,18,30H,10-13H2,1-6H3. The summed E-state index contributed by atoms with van der Waals surface area (Å²) in [6.07, 6.45) is 2.10. The van der Waals surface area contributed by atoms with Crippen LogP contribution < -0.4 is 15.6 Å². The molecule has 6 nitrogen and oxygen atoms in total. The van der Waals surface area contributed by atoms with Gasteiger partial charge in [-0.05, 0) is 78.7 Å². The number of esters is 1. The molecule has 0 spiro atoms. The lowest BCUT2D eigenvalue weighted by Gasteiger charge is -2.37. The fourth-order valence-corrected chi connectivity index (χ4v) is 5.29. The van der Waals surface area contributed by atoms with Gasteiger partial charge in [0.05, 0.1) is 35.4 Å². The zero-order valence-electron chi connectivity index (χ0n) is 21.3. The van der Waals surface area contributed by atoms with Crippen LogP contribution in [0.5, 0.6) is 0 Å². The Kier molecular flexibility index (Phi) is 7.00. The monoisotopic (exact) mass is 540 g/mol. The molecule has 2 aromatic carbocycles. The molecule has 1 fully saturated rings. The molecule has 1 unspecified atom stereocenters. The Labute approximate surface area is 214 Å². The average Bonchev–Trinajstić information content (AvgIpc) is 2.81. The van der Waals surface area contributed by atoms with E-state index in [0.29, 0.717) is 43.6 Å². The summed E-state index contributed by atoms with van der Waals surface area (Å²) < 4.78 is 12.2. The third kappa shape index (κ3) is 4.96. The van der Waals surface area contributed by atoms with Gasteiger partial charge in [-0.15, -0.1) is 0 Å². The van der Waals surface area contributed by atoms with E-state index in [-0.39, 0.29) is 11.5 Å². The Morgan fingerprint density at radius 3 is 2.54 bits per heavy atom. The number of nitrogens with one attached hydrogen (secondary N) is 1. The summed E-state index contributed by atoms with van der Waals surface area (Å²) in [6, 6.07) is 9.20. The van der Waals surface area contributed by atoms with Crippen molar-refractivity contribution in [2.24, 2.45) is 5.41 Å². The van der Waals surface area contributed by atoms with Gasteiger partial charge in [0.15, 0.2) is 5.43 Å². The van der Waals surface area contributed by atoms with Gasteiger partial charge >= 0.3 is 5.97 Å². The van der Waals surface area contributed by atoms with E-state index in [9.17, 15) is 9.59 Å². The van der Waals surface area contributed by atoms with Crippen LogP contribution in [0.2, 0.25) is 0 Å². The number of ether oxygens (including phenoxy) is 1. The molecule has 1 N–H and O–H groups in total. The van der Waals surface area contributed by atoms with Crippen molar-refractivity contribution in [1.29, 1.82) is 0 Å². The minimum absolute atomic E-state index is 0.000869. The maximum Gasteiger partial charge on any atom is 0.341 e. The molecule has 1 aromatic heterocycles. The van der Waals surface area contributed by atoms with E-state index in [1.165, 1.54) is 7.11 Å². The van der Waals surface area contributed by atoms with Crippen LogP contribution in [0.25, 0.3) is 11.0 Å². The first kappa shape index (κ1) is 25.3. The maximum atomic E-state index is 13.5. The number of piperidine rings is 1. The highest BCUT2D eigenvalue weighted by Crippen LogP contribution is 2.36. The largest absolute Gasteiger partial charge is 0.465 e. The second-order valence-electron chi connectivity index (χ2n) is 10.3. The Hall–Kier alpha value is -2.80. The minimum atomic E-state index is -0.432. The summed E-state index contributed by atoms with van der Waals surface area (Å²) in [4.78, 5) is 28.1. The summed E-state index contributed by atoms with van der Waals surface area (Å²) in [7, 11) is 1.36. The molecule has 1 aliphatic rings. The van der Waals surface area contributed by atoms with Gasteiger partial charge < -0.3 is 19.4 Å². The van der Waals surface area contributed by atoms with Gasteiger partial charge in [0.25, 0.3) is 0 Å². The van der Waals surface area contributed by atoms with E-state index in [1.54, 1.807) is 6.07 Å². The van der Waals surface area contributed by atoms with Gasteiger partial charge in [-0.3, -0.25) is 4.79 Å². The zero-order valence-corrected chi connectivity index (χ0v) is 22.8. The summed E-state index contributed by atoms with van der Waals surface area (Å²) in [5.74, 6) is 0.228. The van der Waals surface area contributed by atoms with Gasteiger partial charge in [0.1, 0.15) is 5.58 Å². The number of carbonyl (C=O) groups is 1. The molecule has 7 heteroatoms. The Morgan fingerprint density at radius 2 is 1.89 bits per heavy atom. The first-order valence-corrected chi connectivity index (χ1v) is 12.8. The third-order valence-corrected chi connectivity index (χ3v) is 7.67. The smallest absolute Gasteiger partial charge is 0.341 e. The average molecular weight is 541 g/mol. The lowest BCUT2D eigenvalue weighted by atomic mass is 9.82. The van der Waals surface area contributed by atoms with Crippen molar-refractivity contribution in [3.63, 3.8) is 0 Å². The lowest BCUT2D eigenvalue weighted by molar-refractivity contribution is 0.0600. The number of hydrogen-bond acceptors (Lipinski definition) is 6. The van der Waals surface area contributed by atoms with Crippen molar-refractivity contribution >= 4 is 44.4 Å². The summed E-state index contributed by atoms with van der Waals surface area (Å²) in [5, 5.41) is 4.02. The first-order chi connectivity index (χ1) is 16.5. The molecule has 35 heavy (non-hydrogen) atoms. The molecular weight excluding hydrogens is 508 g/mol. The quantitative estimate of drug-likeness (QED) is 0.360. The van der Waals surface area contributed by atoms with Gasteiger partial charge in [-0.25, -0.2) is 4.79 Å². The fourth-order valence-electron chi connectivity index (χ4n) is 4.76. The van der Waals surface area contributed by atoms with Crippen molar-refractivity contribution < 1.29 is 13.9 Å². The third-order valence-electron chi connectivity index (χ3n) is 7.01. The molecule has 1 atom stereocenters. The number of nitrogens with zero attached hydrogens (tertiary/aromatic N) is 1. The van der Waals surface area contributed by atoms with Crippen LogP contribution in [0.3, 0.4) is 0 Å². The zero-order chi connectivity index (χ0) is 25.5. The lowest BCUT2D eigenvalue weighted by Crippen LogP contribution is -2.38. The number of anilines is 2. The number of rotatable bonds is 5. The Morgan fingerprint density at radius 1 is 1.20 bits per heavy atom. The Balaban J connectivity index is 1.80. The number of fused-ring (bicyclic) bond motifs is 1. The molecule has 186 valence electrons. The Bertz CT molecular complexity index is 1340. The molecule has 1 saturated heterocycles. The predicted octanol–water partition coefficient (Wildman–Crippen LogP) is 6.76. The van der Waals surface area contributed by atoms with Crippen molar-refractivity contribution in [3.8, 4) is 0 Å². The first-order valence-electron chi connectivity index (χ1n) is 12.0. The predicted molar refractivity (Wildman–Crippen MR) is 145 cm³/mol. The van der Waals surface area contributed by atoms with Gasteiger partial charge in [-0.2, -0.15) is 0 Å². The highest BCUT2D eigenvalue weighted by atomic mass is 79.9. The van der Waals surface area contributed by atoms with E-state index in [4.69, 9.17) is 9.15 Å². The van der Waals surface area contributed by atoms with Crippen molar-refractivity contribution in [1.82, 2.24) is 0 Å². The topological polar surface area (TPSA) is 71.8 Å². The number of carbonyl (C=O) groups excluding carboxylic acids is 1. The van der Waals surface area contributed by atoms with Crippen LogP contribution in [-0.2, 0) is 4.74 Å². The van der Waals surface area contributed by atoms with Crippen molar-refractivity contribution in [2.45, 2.75) is 53.5 Å². The van der Waals surface area contributed by atoms with Crippen LogP contribution >= 0.6 is 15.9 Å². The summed E-state index contributed by atoms with van der Waals surface area (Å²) >= 11 is 3.46. The molecule has 0 amide bonds. The van der Waals surface area contributed by atoms with Gasteiger partial charge in [-0.1, -0.05) is 26.0 Å². The van der Waals surface area contributed by atoms with E-state index < -0.39 is 5.97 Å². The van der Waals surface area contributed by atoms with Gasteiger partial charge in [0.2, 0.25) is 5.88 Å². The molecule has 3 aromatic rings. The number of aryl methyl sites for hydroxylation is 1. The molecule has 2 heterocycles. The maximum absolute atomic E-state index is 13.5. The van der Waals surface area contributed by atoms with Crippen LogP contribution in [0.15, 0.2) is 44.0 Å². The summed E-state index contributed by atoms with van der Waals surface area (Å²) in [6.45, 7) is 12.1. The van der Waals surface area contributed by atoms with Crippen LogP contribution in [-0.4, -0.2) is 26.2 Å². The number of methoxy groups -OCH3 is 1. The van der Waals surface area contributed by atoms with E-state index in [2.05, 4.69) is 40.0 Å². The highest BCUT2D eigenvalue weighted by molar-refractivity contribution is 9.10. The molecular formula is C28H33BrN2O4. The molecule has 4 rings (SSSR count). The summed E-state index contributed by atoms with van der Waals surface area (Å²) in [5.41, 5.74) is 4.43. The molecule has 0 saturated carbocycles. The van der Waals surface area contributed by atoms with Crippen LogP contribution in [0.1, 0.15) is 66.7 Å². The molecule has 0 bridgehead atoms.